The Balaban J connectivity index is 1.70. The van der Waals surface area contributed by atoms with Crippen molar-refractivity contribution in [3.05, 3.63) is 97.8 Å². The zero-order valence-corrected chi connectivity index (χ0v) is 21.7. The van der Waals surface area contributed by atoms with Crippen molar-refractivity contribution in [3.8, 4) is 22.9 Å². The average molecular weight is 567 g/mol. The highest BCUT2D eigenvalue weighted by molar-refractivity contribution is 6.31. The van der Waals surface area contributed by atoms with E-state index in [1.807, 2.05) is 0 Å². The van der Waals surface area contributed by atoms with Gasteiger partial charge in [0.25, 0.3) is 5.56 Å². The molecule has 0 unspecified atom stereocenters. The van der Waals surface area contributed by atoms with Crippen LogP contribution in [0.2, 0.25) is 5.02 Å². The summed E-state index contributed by atoms with van der Waals surface area (Å²) >= 11 is 6.21. The Morgan fingerprint density at radius 2 is 1.95 bits per heavy atom. The molecule has 4 rings (SSSR count). The lowest BCUT2D eigenvalue weighted by atomic mass is 9.99. The minimum absolute atomic E-state index is 0.0366. The molecule has 0 amide bonds. The van der Waals surface area contributed by atoms with Gasteiger partial charge in [-0.25, -0.2) is 14.6 Å². The second-order valence-corrected chi connectivity index (χ2v) is 8.87. The monoisotopic (exact) mass is 566 g/mol. The molecule has 0 bridgehead atoms. The van der Waals surface area contributed by atoms with Crippen LogP contribution < -0.4 is 10.3 Å². The largest absolute Gasteiger partial charge is 0.491 e. The van der Waals surface area contributed by atoms with Gasteiger partial charge in [0.05, 0.1) is 47.8 Å². The van der Waals surface area contributed by atoms with Gasteiger partial charge in [0.1, 0.15) is 24.3 Å². The number of nitriles is 1. The van der Waals surface area contributed by atoms with E-state index in [0.717, 1.165) is 6.07 Å². The molecule has 40 heavy (non-hydrogen) atoms. The van der Waals surface area contributed by atoms with Crippen molar-refractivity contribution < 1.29 is 27.4 Å². The number of methoxy groups -OCH3 is 1. The number of aryl methyl sites for hydroxylation is 1. The highest BCUT2D eigenvalue weighted by atomic mass is 35.5. The van der Waals surface area contributed by atoms with E-state index in [-0.39, 0.29) is 41.1 Å². The van der Waals surface area contributed by atoms with Crippen LogP contribution in [0.15, 0.2) is 53.3 Å². The molecule has 8 nitrogen and oxygen atoms in total. The van der Waals surface area contributed by atoms with Gasteiger partial charge >= 0.3 is 12.1 Å². The number of ether oxygens (including phenoxy) is 2. The number of para-hydroxylation sites is 1. The molecule has 0 saturated carbocycles. The number of nitrogens with zero attached hydrogens (tertiary/aromatic N) is 4. The molecular formula is C28H18ClF3N4O4. The topological polar surface area (TPSA) is 98.6 Å². The molecule has 0 spiro atoms. The Morgan fingerprint density at radius 1 is 1.20 bits per heavy atom. The van der Waals surface area contributed by atoms with Crippen molar-refractivity contribution in [1.82, 2.24) is 9.55 Å². The quantitative estimate of drug-likeness (QED) is 0.200. The van der Waals surface area contributed by atoms with Crippen LogP contribution in [0, 0.1) is 24.8 Å². The number of hydrogen-bond acceptors (Lipinski definition) is 6. The molecule has 0 saturated heterocycles. The van der Waals surface area contributed by atoms with E-state index in [9.17, 15) is 28.0 Å². The van der Waals surface area contributed by atoms with Crippen LogP contribution in [-0.4, -0.2) is 29.2 Å². The van der Waals surface area contributed by atoms with Crippen LogP contribution in [0.4, 0.5) is 18.9 Å². The van der Waals surface area contributed by atoms with Crippen molar-refractivity contribution in [2.24, 2.45) is 0 Å². The molecular weight excluding hydrogens is 549 g/mol. The van der Waals surface area contributed by atoms with Crippen LogP contribution in [0.5, 0.6) is 5.75 Å². The smallest absolute Gasteiger partial charge is 0.416 e. The van der Waals surface area contributed by atoms with Crippen molar-refractivity contribution in [2.75, 3.05) is 13.7 Å². The highest BCUT2D eigenvalue weighted by Gasteiger charge is 2.32. The summed E-state index contributed by atoms with van der Waals surface area (Å²) in [5.74, 6) is -0.264. The van der Waals surface area contributed by atoms with E-state index in [0.29, 0.717) is 28.0 Å². The molecule has 1 aromatic heterocycles. The van der Waals surface area contributed by atoms with E-state index < -0.39 is 28.8 Å². The number of fused-ring (bicyclic) bond motifs is 1. The Hall–Kier alpha value is -4.87. The fraction of sp³-hybridized carbons (Fsp3) is 0.179. The third-order valence-corrected chi connectivity index (χ3v) is 6.29. The Bertz CT molecular complexity index is 1800. The second kappa shape index (κ2) is 11.1. The molecule has 12 heteroatoms. The Morgan fingerprint density at radius 3 is 2.60 bits per heavy atom. The Labute approximate surface area is 230 Å². The van der Waals surface area contributed by atoms with Gasteiger partial charge in [-0.3, -0.25) is 9.36 Å². The number of benzene rings is 3. The first-order valence-electron chi connectivity index (χ1n) is 11.5. The maximum atomic E-state index is 13.3. The standard InChI is InChI=1S/C28H18ClF3N4O4/c1-15-35-22-12-17(28(30,31)32)11-16(14-33)24(22)26(37)36(15)9-10-40-23-8-7-18(29)13-21(23)19-5-4-6-20(25(19)34-2)27(38)39-3/h4-8,11-13H,9-10H2,1,3H3. The highest BCUT2D eigenvalue weighted by Crippen LogP contribution is 2.40. The maximum Gasteiger partial charge on any atom is 0.416 e. The first-order chi connectivity index (χ1) is 19.0. The van der Waals surface area contributed by atoms with E-state index in [1.54, 1.807) is 36.4 Å². The van der Waals surface area contributed by atoms with Gasteiger partial charge in [-0.15, -0.1) is 0 Å². The minimum atomic E-state index is -4.71. The first kappa shape index (κ1) is 28.1. The van der Waals surface area contributed by atoms with Crippen molar-refractivity contribution >= 4 is 34.2 Å². The SMILES string of the molecule is [C-]#[N+]c1c(C(=O)OC)cccc1-c1cc(Cl)ccc1OCCn1c(C)nc2cc(C(F)(F)F)cc(C#N)c2c1=O. The van der Waals surface area contributed by atoms with E-state index >= 15 is 0 Å². The lowest BCUT2D eigenvalue weighted by molar-refractivity contribution is -0.137. The zero-order valence-electron chi connectivity index (χ0n) is 21.0. The fourth-order valence-corrected chi connectivity index (χ4v) is 4.39. The predicted octanol–water partition coefficient (Wildman–Crippen LogP) is 6.33. The van der Waals surface area contributed by atoms with Gasteiger partial charge in [0.2, 0.25) is 5.69 Å². The summed E-state index contributed by atoms with van der Waals surface area (Å²) in [4.78, 5) is 33.1. The number of rotatable bonds is 6. The maximum absolute atomic E-state index is 13.3. The molecule has 0 N–H and O–H groups in total. The number of carbonyl (C=O) groups excluding carboxylic acids is 1. The third kappa shape index (κ3) is 5.33. The van der Waals surface area contributed by atoms with Gasteiger partial charge in [-0.1, -0.05) is 29.8 Å². The number of hydrogen-bond donors (Lipinski definition) is 0. The summed E-state index contributed by atoms with van der Waals surface area (Å²) in [6.45, 7) is 8.94. The molecule has 202 valence electrons. The fourth-order valence-electron chi connectivity index (χ4n) is 4.21. The van der Waals surface area contributed by atoms with Crippen LogP contribution in [0.25, 0.3) is 26.9 Å². The normalized spacial score (nSPS) is 11.1. The van der Waals surface area contributed by atoms with Crippen LogP contribution >= 0.6 is 11.6 Å². The van der Waals surface area contributed by atoms with Gasteiger partial charge in [0.15, 0.2) is 0 Å². The second-order valence-electron chi connectivity index (χ2n) is 8.44. The number of halogens is 4. The van der Waals surface area contributed by atoms with Gasteiger partial charge < -0.3 is 9.47 Å². The predicted molar refractivity (Wildman–Crippen MR) is 140 cm³/mol. The third-order valence-electron chi connectivity index (χ3n) is 6.05. The van der Waals surface area contributed by atoms with E-state index in [2.05, 4.69) is 9.83 Å². The molecule has 0 aliphatic rings. The van der Waals surface area contributed by atoms with E-state index in [1.165, 1.54) is 24.7 Å². The molecule has 0 atom stereocenters. The molecule has 0 aliphatic carbocycles. The summed E-state index contributed by atoms with van der Waals surface area (Å²) in [7, 11) is 1.21. The summed E-state index contributed by atoms with van der Waals surface area (Å²) < 4.78 is 51.7. The van der Waals surface area contributed by atoms with Crippen molar-refractivity contribution in [2.45, 2.75) is 19.6 Å². The first-order valence-corrected chi connectivity index (χ1v) is 11.9. The number of aromatic nitrogens is 2. The van der Waals surface area contributed by atoms with Crippen molar-refractivity contribution in [1.29, 1.82) is 5.26 Å². The van der Waals surface area contributed by atoms with Crippen LogP contribution in [0.3, 0.4) is 0 Å². The van der Waals surface area contributed by atoms with Gasteiger partial charge in [0, 0.05) is 10.6 Å². The lowest BCUT2D eigenvalue weighted by Gasteiger charge is -2.16. The zero-order chi connectivity index (χ0) is 29.2. The molecule has 0 aliphatic heterocycles. The number of alkyl halides is 3. The lowest BCUT2D eigenvalue weighted by Crippen LogP contribution is -2.27. The van der Waals surface area contributed by atoms with Crippen LogP contribution in [-0.2, 0) is 17.5 Å². The summed E-state index contributed by atoms with van der Waals surface area (Å²) in [6, 6.07) is 12.4. The van der Waals surface area contributed by atoms with Crippen molar-refractivity contribution in [3.63, 3.8) is 0 Å². The van der Waals surface area contributed by atoms with Crippen LogP contribution in [0.1, 0.15) is 27.3 Å². The number of esters is 1. The molecule has 3 aromatic carbocycles. The Kier molecular flexibility index (Phi) is 7.80. The molecule has 0 fully saturated rings. The number of carbonyl (C=O) groups is 1. The van der Waals surface area contributed by atoms with E-state index in [4.69, 9.17) is 27.6 Å². The molecule has 0 radical (unpaired) electrons. The summed E-state index contributed by atoms with van der Waals surface area (Å²) in [6.07, 6.45) is -4.71. The van der Waals surface area contributed by atoms with Gasteiger partial charge in [-0.05, 0) is 42.8 Å². The molecule has 1 heterocycles. The average Bonchev–Trinajstić information content (AvgIpc) is 2.93. The minimum Gasteiger partial charge on any atom is -0.491 e. The van der Waals surface area contributed by atoms with Gasteiger partial charge in [-0.2, -0.15) is 18.4 Å². The molecule has 4 aromatic rings. The summed E-state index contributed by atoms with van der Waals surface area (Å²) in [5, 5.41) is 9.55. The summed E-state index contributed by atoms with van der Waals surface area (Å²) in [5.41, 5.74) is -1.55.